The summed E-state index contributed by atoms with van der Waals surface area (Å²) < 4.78 is 2.36. The topological polar surface area (TPSA) is 54.3 Å². The predicted octanol–water partition coefficient (Wildman–Crippen LogP) is 3.10. The van der Waals surface area contributed by atoms with Crippen LogP contribution in [0.4, 0.5) is 0 Å². The van der Waals surface area contributed by atoms with Crippen LogP contribution in [-0.4, -0.2) is 57.5 Å². The number of thiophene rings is 1. The first kappa shape index (κ1) is 19.5. The first-order valence-corrected chi connectivity index (χ1v) is 10.9. The van der Waals surface area contributed by atoms with Crippen molar-refractivity contribution in [1.29, 1.82) is 0 Å². The molecule has 1 aliphatic heterocycles. The fourth-order valence-corrected chi connectivity index (χ4v) is 4.72. The molecular formula is C20H24ClN5OS. The maximum atomic E-state index is 12.4. The van der Waals surface area contributed by atoms with Crippen LogP contribution in [0, 0.1) is 0 Å². The molecule has 0 aliphatic carbocycles. The van der Waals surface area contributed by atoms with Gasteiger partial charge in [0.05, 0.1) is 9.72 Å². The Bertz CT molecular complexity index is 980. The van der Waals surface area contributed by atoms with Gasteiger partial charge >= 0.3 is 0 Å². The highest BCUT2D eigenvalue weighted by Crippen LogP contribution is 2.23. The summed E-state index contributed by atoms with van der Waals surface area (Å²) in [6, 6.07) is 11.5. The highest BCUT2D eigenvalue weighted by molar-refractivity contribution is 7.16. The number of benzene rings is 1. The van der Waals surface area contributed by atoms with Gasteiger partial charge in [0.15, 0.2) is 0 Å². The van der Waals surface area contributed by atoms with Crippen LogP contribution in [0.25, 0.3) is 10.9 Å². The quantitative estimate of drug-likeness (QED) is 0.553. The van der Waals surface area contributed by atoms with Gasteiger partial charge in [-0.05, 0) is 43.7 Å². The lowest BCUT2D eigenvalue weighted by atomic mass is 10.2. The third-order valence-electron chi connectivity index (χ3n) is 5.20. The van der Waals surface area contributed by atoms with Gasteiger partial charge in [-0.25, -0.2) is 4.68 Å². The second kappa shape index (κ2) is 9.13. The van der Waals surface area contributed by atoms with Crippen LogP contribution in [-0.2, 0) is 13.1 Å². The van der Waals surface area contributed by atoms with E-state index in [2.05, 4.69) is 26.2 Å². The second-order valence-corrected chi connectivity index (χ2v) is 8.97. The van der Waals surface area contributed by atoms with Crippen molar-refractivity contribution in [3.8, 4) is 0 Å². The molecule has 28 heavy (non-hydrogen) atoms. The molecule has 0 atom stereocenters. The van der Waals surface area contributed by atoms with E-state index in [4.69, 9.17) is 11.6 Å². The Morgan fingerprint density at radius 1 is 0.964 bits per heavy atom. The van der Waals surface area contributed by atoms with E-state index in [1.165, 1.54) is 9.56 Å². The summed E-state index contributed by atoms with van der Waals surface area (Å²) in [5.41, 5.74) is 0.610. The summed E-state index contributed by atoms with van der Waals surface area (Å²) >= 11 is 7.69. The highest BCUT2D eigenvalue weighted by atomic mass is 35.5. The number of aromatic nitrogens is 3. The molecule has 1 aromatic carbocycles. The molecule has 148 valence electrons. The molecule has 1 fully saturated rings. The summed E-state index contributed by atoms with van der Waals surface area (Å²) in [6.07, 6.45) is 1.99. The molecule has 0 N–H and O–H groups in total. The molecular weight excluding hydrogens is 394 g/mol. The van der Waals surface area contributed by atoms with Crippen LogP contribution < -0.4 is 5.56 Å². The summed E-state index contributed by atoms with van der Waals surface area (Å²) in [6.45, 7) is 7.04. The van der Waals surface area contributed by atoms with Gasteiger partial charge < -0.3 is 4.90 Å². The van der Waals surface area contributed by atoms with Gasteiger partial charge in [-0.3, -0.25) is 9.69 Å². The molecule has 2 aromatic heterocycles. The SMILES string of the molecule is O=c1c2ccccc2nnn1CCCCN1CCN(Cc2ccc(Cl)s2)CC1. The first-order valence-electron chi connectivity index (χ1n) is 9.70. The summed E-state index contributed by atoms with van der Waals surface area (Å²) in [5.74, 6) is 0. The Balaban J connectivity index is 1.19. The minimum absolute atomic E-state index is 0.0482. The number of hydrogen-bond donors (Lipinski definition) is 0. The molecule has 0 bridgehead atoms. The third kappa shape index (κ3) is 4.78. The molecule has 0 amide bonds. The first-order chi connectivity index (χ1) is 13.7. The van der Waals surface area contributed by atoms with Crippen molar-refractivity contribution in [2.75, 3.05) is 32.7 Å². The molecule has 1 aliphatic rings. The molecule has 3 heterocycles. The van der Waals surface area contributed by atoms with Crippen LogP contribution >= 0.6 is 22.9 Å². The number of aryl methyl sites for hydroxylation is 1. The Morgan fingerprint density at radius 3 is 2.50 bits per heavy atom. The maximum Gasteiger partial charge on any atom is 0.277 e. The summed E-state index contributed by atoms with van der Waals surface area (Å²) in [4.78, 5) is 18.8. The van der Waals surface area contributed by atoms with Gasteiger partial charge in [0.25, 0.3) is 5.56 Å². The zero-order chi connectivity index (χ0) is 19.3. The maximum absolute atomic E-state index is 12.4. The van der Waals surface area contributed by atoms with Crippen LogP contribution in [0.1, 0.15) is 17.7 Å². The van der Waals surface area contributed by atoms with Crippen LogP contribution in [0.3, 0.4) is 0 Å². The van der Waals surface area contributed by atoms with Crippen molar-refractivity contribution in [2.24, 2.45) is 0 Å². The molecule has 1 saturated heterocycles. The molecule has 0 spiro atoms. The smallest absolute Gasteiger partial charge is 0.277 e. The van der Waals surface area contributed by atoms with E-state index < -0.39 is 0 Å². The van der Waals surface area contributed by atoms with Gasteiger partial charge in [0.1, 0.15) is 5.52 Å². The minimum atomic E-state index is -0.0482. The lowest BCUT2D eigenvalue weighted by Crippen LogP contribution is -2.46. The van der Waals surface area contributed by atoms with Gasteiger partial charge in [-0.15, -0.1) is 16.4 Å². The number of fused-ring (bicyclic) bond motifs is 1. The fraction of sp³-hybridized carbons (Fsp3) is 0.450. The van der Waals surface area contributed by atoms with E-state index >= 15 is 0 Å². The van der Waals surface area contributed by atoms with Crippen molar-refractivity contribution in [1.82, 2.24) is 24.8 Å². The lowest BCUT2D eigenvalue weighted by Gasteiger charge is -2.34. The highest BCUT2D eigenvalue weighted by Gasteiger charge is 2.17. The van der Waals surface area contributed by atoms with Gasteiger partial charge in [-0.1, -0.05) is 28.9 Å². The molecule has 8 heteroatoms. The van der Waals surface area contributed by atoms with Crippen molar-refractivity contribution in [2.45, 2.75) is 25.9 Å². The predicted molar refractivity (Wildman–Crippen MR) is 114 cm³/mol. The number of halogens is 1. The average molecular weight is 418 g/mol. The number of piperazine rings is 1. The Morgan fingerprint density at radius 2 is 1.71 bits per heavy atom. The minimum Gasteiger partial charge on any atom is -0.301 e. The normalized spacial score (nSPS) is 16.0. The fourth-order valence-electron chi connectivity index (χ4n) is 3.59. The average Bonchev–Trinajstić information content (AvgIpc) is 3.13. The third-order valence-corrected chi connectivity index (χ3v) is 6.41. The van der Waals surface area contributed by atoms with Gasteiger partial charge in [-0.2, -0.15) is 0 Å². The molecule has 0 radical (unpaired) electrons. The Kier molecular flexibility index (Phi) is 6.36. The Labute approximate surface area is 173 Å². The molecule has 6 nitrogen and oxygen atoms in total. The van der Waals surface area contributed by atoms with E-state index in [1.807, 2.05) is 30.3 Å². The summed E-state index contributed by atoms with van der Waals surface area (Å²) in [5, 5.41) is 8.85. The van der Waals surface area contributed by atoms with E-state index in [1.54, 1.807) is 11.3 Å². The van der Waals surface area contributed by atoms with E-state index in [0.717, 1.165) is 56.4 Å². The zero-order valence-corrected chi connectivity index (χ0v) is 17.3. The van der Waals surface area contributed by atoms with E-state index in [9.17, 15) is 4.79 Å². The molecule has 0 unspecified atom stereocenters. The number of unbranched alkanes of at least 4 members (excludes halogenated alkanes) is 1. The Hall–Kier alpha value is -1.80. The molecule has 3 aromatic rings. The van der Waals surface area contributed by atoms with Crippen LogP contribution in [0.2, 0.25) is 4.34 Å². The van der Waals surface area contributed by atoms with E-state index in [-0.39, 0.29) is 5.56 Å². The zero-order valence-electron chi connectivity index (χ0n) is 15.8. The van der Waals surface area contributed by atoms with Gasteiger partial charge in [0.2, 0.25) is 0 Å². The van der Waals surface area contributed by atoms with Crippen LogP contribution in [0.5, 0.6) is 0 Å². The monoisotopic (exact) mass is 417 g/mol. The van der Waals surface area contributed by atoms with E-state index in [0.29, 0.717) is 17.4 Å². The van der Waals surface area contributed by atoms with Crippen molar-refractivity contribution in [3.05, 3.63) is 56.0 Å². The van der Waals surface area contributed by atoms with Crippen molar-refractivity contribution >= 4 is 33.8 Å². The largest absolute Gasteiger partial charge is 0.301 e. The standard InChI is InChI=1S/C20H24ClN5OS/c21-19-8-7-16(28-19)15-25-13-11-24(12-14-25)9-3-4-10-26-20(27)17-5-1-2-6-18(17)22-23-26/h1-2,5-8H,3-4,9-15H2. The van der Waals surface area contributed by atoms with Crippen molar-refractivity contribution in [3.63, 3.8) is 0 Å². The second-order valence-electron chi connectivity index (χ2n) is 7.17. The van der Waals surface area contributed by atoms with Crippen LogP contribution in [0.15, 0.2) is 41.2 Å². The van der Waals surface area contributed by atoms with Crippen molar-refractivity contribution < 1.29 is 0 Å². The van der Waals surface area contributed by atoms with Gasteiger partial charge in [0, 0.05) is 44.1 Å². The molecule has 4 rings (SSSR count). The number of rotatable bonds is 7. The summed E-state index contributed by atoms with van der Waals surface area (Å²) in [7, 11) is 0. The molecule has 0 saturated carbocycles. The number of hydrogen-bond acceptors (Lipinski definition) is 6. The lowest BCUT2D eigenvalue weighted by molar-refractivity contribution is 0.126. The number of nitrogens with zero attached hydrogens (tertiary/aromatic N) is 5.